The van der Waals surface area contributed by atoms with E-state index in [1.54, 1.807) is 23.0 Å². The minimum Gasteiger partial charge on any atom is -0.377 e. The highest BCUT2D eigenvalue weighted by molar-refractivity contribution is 5.81. The molecule has 8 heteroatoms. The van der Waals surface area contributed by atoms with Crippen molar-refractivity contribution < 1.29 is 23.1 Å². The van der Waals surface area contributed by atoms with Crippen molar-refractivity contribution in [3.05, 3.63) is 88.3 Å². The average Bonchev–Trinajstić information content (AvgIpc) is 3.60. The molecule has 5 nitrogen and oxygen atoms in total. The van der Waals surface area contributed by atoms with E-state index < -0.39 is 34.5 Å². The second kappa shape index (κ2) is 8.35. The Balaban J connectivity index is 1.42. The first-order valence-corrected chi connectivity index (χ1v) is 12.2. The number of aromatic nitrogens is 2. The molecule has 3 N–H and O–H groups in total. The maximum absolute atomic E-state index is 14.5. The standard InChI is InChI=1S/C29H24F3N3O2/c30-21-6-8-22(9-7-21)35-24-14-20-11-13-28(37,29(20,19-4-5-19)15-18(24)16-34-35)12-10-17-2-1-3-23(31)25(17)26(32)27(33)36/h1-3,6-9,14,16,19,26,37H,4-5,11,13,15H2,(H2,33,36)/t26-,28+,29-/m1/s1. The number of nitrogens with zero attached hydrogens (tertiary/aromatic N) is 2. The maximum atomic E-state index is 14.5. The van der Waals surface area contributed by atoms with Crippen LogP contribution in [0.4, 0.5) is 13.2 Å². The molecule has 0 aliphatic heterocycles. The van der Waals surface area contributed by atoms with Gasteiger partial charge in [0.25, 0.3) is 5.91 Å². The van der Waals surface area contributed by atoms with Crippen LogP contribution in [-0.2, 0) is 11.2 Å². The van der Waals surface area contributed by atoms with E-state index in [2.05, 4.69) is 23.0 Å². The van der Waals surface area contributed by atoms with Gasteiger partial charge < -0.3 is 10.8 Å². The summed E-state index contributed by atoms with van der Waals surface area (Å²) in [5.74, 6) is 3.46. The number of rotatable bonds is 4. The first-order valence-electron chi connectivity index (χ1n) is 12.2. The molecule has 2 aromatic carbocycles. The van der Waals surface area contributed by atoms with Crippen molar-refractivity contribution in [2.75, 3.05) is 0 Å². The molecule has 0 unspecified atom stereocenters. The molecule has 1 amide bonds. The van der Waals surface area contributed by atoms with Crippen molar-refractivity contribution in [3.63, 3.8) is 0 Å². The number of primary amides is 1. The Labute approximate surface area is 211 Å². The SMILES string of the molecule is NC(=O)[C@H](F)c1c(F)cccc1C#C[C@]1(O)CCC2=Cc3c(cnn3-c3ccc(F)cc3)C[C@@]21C1CC1. The zero-order valence-corrected chi connectivity index (χ0v) is 19.8. The molecule has 37 heavy (non-hydrogen) atoms. The number of halogens is 3. The Morgan fingerprint density at radius 1 is 1.19 bits per heavy atom. The quantitative estimate of drug-likeness (QED) is 0.513. The topological polar surface area (TPSA) is 81.1 Å². The molecule has 2 fully saturated rings. The number of amides is 1. The van der Waals surface area contributed by atoms with Gasteiger partial charge in [0.2, 0.25) is 6.17 Å². The van der Waals surface area contributed by atoms with Gasteiger partial charge in [-0.25, -0.2) is 17.9 Å². The lowest BCUT2D eigenvalue weighted by atomic mass is 9.63. The van der Waals surface area contributed by atoms with Crippen molar-refractivity contribution in [1.82, 2.24) is 9.78 Å². The predicted molar refractivity (Wildman–Crippen MR) is 131 cm³/mol. The fourth-order valence-electron chi connectivity index (χ4n) is 6.13. The molecular weight excluding hydrogens is 479 g/mol. The lowest BCUT2D eigenvalue weighted by molar-refractivity contribution is -0.123. The van der Waals surface area contributed by atoms with Gasteiger partial charge >= 0.3 is 0 Å². The molecule has 2 saturated carbocycles. The van der Waals surface area contributed by atoms with Gasteiger partial charge in [-0.15, -0.1) is 0 Å². The van der Waals surface area contributed by atoms with Crippen molar-refractivity contribution >= 4 is 12.0 Å². The van der Waals surface area contributed by atoms with Crippen molar-refractivity contribution in [2.45, 2.75) is 43.9 Å². The first kappa shape index (κ1) is 23.6. The number of benzene rings is 2. The maximum Gasteiger partial charge on any atom is 0.256 e. The van der Waals surface area contributed by atoms with Gasteiger partial charge in [0.1, 0.15) is 17.2 Å². The number of nitrogens with two attached hydrogens (primary N) is 1. The van der Waals surface area contributed by atoms with Crippen molar-refractivity contribution in [1.29, 1.82) is 0 Å². The number of carbonyl (C=O) groups is 1. The molecule has 188 valence electrons. The summed E-state index contributed by atoms with van der Waals surface area (Å²) in [4.78, 5) is 11.5. The summed E-state index contributed by atoms with van der Waals surface area (Å²) < 4.78 is 44.2. The number of fused-ring (bicyclic) bond motifs is 2. The molecule has 0 spiro atoms. The summed E-state index contributed by atoms with van der Waals surface area (Å²) in [5.41, 5.74) is 6.15. The third-order valence-corrected chi connectivity index (χ3v) is 8.04. The number of carbonyl (C=O) groups excluding carboxylic acids is 1. The molecule has 3 aromatic rings. The highest BCUT2D eigenvalue weighted by Crippen LogP contribution is 2.65. The highest BCUT2D eigenvalue weighted by atomic mass is 19.1. The molecule has 3 atom stereocenters. The third kappa shape index (κ3) is 3.60. The Hall–Kier alpha value is -3.83. The smallest absolute Gasteiger partial charge is 0.256 e. The van der Waals surface area contributed by atoms with Crippen LogP contribution in [0.2, 0.25) is 0 Å². The minimum absolute atomic E-state index is 0.0104. The van der Waals surface area contributed by atoms with Crippen LogP contribution in [-0.4, -0.2) is 26.4 Å². The Kier molecular flexibility index (Phi) is 5.32. The second-order valence-corrected chi connectivity index (χ2v) is 10.1. The van der Waals surface area contributed by atoms with Crippen molar-refractivity contribution in [2.24, 2.45) is 17.1 Å². The number of hydrogen-bond acceptors (Lipinski definition) is 3. The van der Waals surface area contributed by atoms with E-state index in [0.717, 1.165) is 41.4 Å². The molecule has 0 radical (unpaired) electrons. The molecule has 1 aromatic heterocycles. The first-order chi connectivity index (χ1) is 17.7. The summed E-state index contributed by atoms with van der Waals surface area (Å²) in [7, 11) is 0. The molecule has 0 bridgehead atoms. The van der Waals surface area contributed by atoms with Crippen LogP contribution < -0.4 is 5.73 Å². The second-order valence-electron chi connectivity index (χ2n) is 10.1. The lowest BCUT2D eigenvalue weighted by Gasteiger charge is -2.43. The molecule has 3 aliphatic rings. The molecule has 3 aliphatic carbocycles. The molecular formula is C29H24F3N3O2. The Morgan fingerprint density at radius 3 is 2.65 bits per heavy atom. The van der Waals surface area contributed by atoms with Crippen LogP contribution in [0, 0.1) is 34.8 Å². The highest BCUT2D eigenvalue weighted by Gasteiger charge is 2.64. The number of aliphatic hydroxyl groups is 1. The van der Waals surface area contributed by atoms with Crippen LogP contribution in [0.3, 0.4) is 0 Å². The van der Waals surface area contributed by atoms with E-state index in [1.807, 2.05) is 0 Å². The van der Waals surface area contributed by atoms with E-state index in [9.17, 15) is 23.1 Å². The van der Waals surface area contributed by atoms with Gasteiger partial charge in [-0.1, -0.05) is 23.5 Å². The Bertz CT molecular complexity index is 1510. The lowest BCUT2D eigenvalue weighted by Crippen LogP contribution is -2.48. The Morgan fingerprint density at radius 2 is 1.95 bits per heavy atom. The van der Waals surface area contributed by atoms with Crippen LogP contribution in [0.15, 0.2) is 54.2 Å². The number of alkyl halides is 1. The number of hydrogen-bond donors (Lipinski definition) is 2. The van der Waals surface area contributed by atoms with Gasteiger partial charge in [0, 0.05) is 16.5 Å². The van der Waals surface area contributed by atoms with Gasteiger partial charge in [-0.2, -0.15) is 5.10 Å². The van der Waals surface area contributed by atoms with Crippen LogP contribution in [0.5, 0.6) is 0 Å². The summed E-state index contributed by atoms with van der Waals surface area (Å²) >= 11 is 0. The monoisotopic (exact) mass is 503 g/mol. The fourth-order valence-corrected chi connectivity index (χ4v) is 6.13. The van der Waals surface area contributed by atoms with E-state index in [4.69, 9.17) is 5.73 Å². The van der Waals surface area contributed by atoms with Gasteiger partial charge in [0.15, 0.2) is 0 Å². The summed E-state index contributed by atoms with van der Waals surface area (Å²) in [6.07, 6.45) is 4.89. The minimum atomic E-state index is -2.34. The summed E-state index contributed by atoms with van der Waals surface area (Å²) in [6.45, 7) is 0. The normalized spacial score (nSPS) is 24.9. The fraction of sp³-hybridized carbons (Fsp3) is 0.310. The predicted octanol–water partition coefficient (Wildman–Crippen LogP) is 4.56. The van der Waals surface area contributed by atoms with Crippen molar-refractivity contribution in [3.8, 4) is 17.5 Å². The van der Waals surface area contributed by atoms with E-state index in [-0.39, 0.29) is 17.3 Å². The van der Waals surface area contributed by atoms with E-state index >= 15 is 0 Å². The molecule has 1 heterocycles. The molecule has 0 saturated heterocycles. The van der Waals surface area contributed by atoms with E-state index in [1.165, 1.54) is 24.3 Å². The summed E-state index contributed by atoms with van der Waals surface area (Å²) in [5, 5.41) is 16.6. The van der Waals surface area contributed by atoms with Crippen LogP contribution in [0.25, 0.3) is 11.8 Å². The van der Waals surface area contributed by atoms with Gasteiger partial charge in [-0.05, 0) is 86.1 Å². The van der Waals surface area contributed by atoms with Crippen LogP contribution >= 0.6 is 0 Å². The zero-order chi connectivity index (χ0) is 25.9. The zero-order valence-electron chi connectivity index (χ0n) is 19.8. The van der Waals surface area contributed by atoms with Crippen LogP contribution in [0.1, 0.15) is 54.2 Å². The molecule has 6 rings (SSSR count). The summed E-state index contributed by atoms with van der Waals surface area (Å²) in [6, 6.07) is 9.97. The third-order valence-electron chi connectivity index (χ3n) is 8.04. The van der Waals surface area contributed by atoms with Gasteiger partial charge in [0.05, 0.1) is 17.6 Å². The average molecular weight is 504 g/mol. The largest absolute Gasteiger partial charge is 0.377 e. The van der Waals surface area contributed by atoms with E-state index in [0.29, 0.717) is 19.3 Å². The van der Waals surface area contributed by atoms with Gasteiger partial charge in [-0.3, -0.25) is 4.79 Å².